The van der Waals surface area contributed by atoms with E-state index in [-0.39, 0.29) is 17.9 Å². The van der Waals surface area contributed by atoms with E-state index in [1.54, 1.807) is 0 Å². The summed E-state index contributed by atoms with van der Waals surface area (Å²) in [5.74, 6) is 0.433. The van der Waals surface area contributed by atoms with Crippen molar-refractivity contribution in [2.45, 2.75) is 44.3 Å². The summed E-state index contributed by atoms with van der Waals surface area (Å²) in [6.45, 7) is 1.37. The molecule has 4 rings (SSSR count). The second-order valence-electron chi connectivity index (χ2n) is 7.09. The minimum absolute atomic E-state index is 0.100. The first kappa shape index (κ1) is 17.6. The van der Waals surface area contributed by atoms with Gasteiger partial charge in [-0.3, -0.25) is 4.79 Å². The average molecular weight is 383 g/mol. The first-order valence-corrected chi connectivity index (χ1v) is 9.75. The van der Waals surface area contributed by atoms with Gasteiger partial charge >= 0.3 is 6.18 Å². The molecule has 1 aliphatic carbocycles. The van der Waals surface area contributed by atoms with Gasteiger partial charge in [0.15, 0.2) is 5.13 Å². The maximum Gasteiger partial charge on any atom is 0.416 e. The van der Waals surface area contributed by atoms with Gasteiger partial charge in [0, 0.05) is 25.0 Å². The van der Waals surface area contributed by atoms with Crippen molar-refractivity contribution in [2.75, 3.05) is 18.4 Å². The summed E-state index contributed by atoms with van der Waals surface area (Å²) in [4.78, 5) is 18.7. The van der Waals surface area contributed by atoms with Crippen LogP contribution in [0.5, 0.6) is 0 Å². The molecule has 26 heavy (non-hydrogen) atoms. The molecule has 1 aliphatic heterocycles. The second kappa shape index (κ2) is 6.72. The smallest absolute Gasteiger partial charge is 0.357 e. The molecule has 1 aromatic heterocycles. The average Bonchev–Trinajstić information content (AvgIpc) is 3.33. The number of fused-ring (bicyclic) bond motifs is 1. The predicted octanol–water partition coefficient (Wildman–Crippen LogP) is 4.52. The van der Waals surface area contributed by atoms with Crippen LogP contribution in [0.3, 0.4) is 0 Å². The molecule has 2 aliphatic rings. The van der Waals surface area contributed by atoms with Gasteiger partial charge in [-0.2, -0.15) is 13.2 Å². The molecular weight excluding hydrogens is 363 g/mol. The lowest BCUT2D eigenvalue weighted by atomic mass is 10.1. The number of halogens is 3. The number of nitrogens with one attached hydrogen (secondary N) is 1. The summed E-state index contributed by atoms with van der Waals surface area (Å²) >= 11 is 1.35. The predicted molar refractivity (Wildman–Crippen MR) is 95.2 cm³/mol. The third-order valence-electron chi connectivity index (χ3n) is 5.25. The Morgan fingerprint density at radius 1 is 1.23 bits per heavy atom. The number of amides is 1. The first-order chi connectivity index (χ1) is 12.4. The van der Waals surface area contributed by atoms with Crippen molar-refractivity contribution in [1.29, 1.82) is 0 Å². The summed E-state index contributed by atoms with van der Waals surface area (Å²) in [5.41, 5.74) is -0.333. The van der Waals surface area contributed by atoms with Gasteiger partial charge < -0.3 is 10.2 Å². The van der Waals surface area contributed by atoms with Crippen molar-refractivity contribution in [3.63, 3.8) is 0 Å². The number of thiazole rings is 1. The molecule has 1 atom stereocenters. The maximum absolute atomic E-state index is 12.8. The highest BCUT2D eigenvalue weighted by Gasteiger charge is 2.33. The van der Waals surface area contributed by atoms with E-state index in [0.29, 0.717) is 17.2 Å². The Hall–Kier alpha value is -1.83. The largest absolute Gasteiger partial charge is 0.416 e. The molecule has 2 heterocycles. The Kier molecular flexibility index (Phi) is 4.54. The van der Waals surface area contributed by atoms with Crippen molar-refractivity contribution >= 4 is 32.6 Å². The van der Waals surface area contributed by atoms with Crippen molar-refractivity contribution in [1.82, 2.24) is 9.88 Å². The zero-order chi connectivity index (χ0) is 18.3. The highest BCUT2D eigenvalue weighted by atomic mass is 32.1. The number of carbonyl (C=O) groups is 1. The first-order valence-electron chi connectivity index (χ1n) is 8.93. The number of likely N-dealkylation sites (tertiary alicyclic amines) is 1. The number of carbonyl (C=O) groups excluding carboxylic acids is 1. The van der Waals surface area contributed by atoms with Gasteiger partial charge in [0.25, 0.3) is 0 Å². The van der Waals surface area contributed by atoms with Crippen LogP contribution in [0, 0.1) is 5.92 Å². The van der Waals surface area contributed by atoms with Crippen molar-refractivity contribution < 1.29 is 18.0 Å². The van der Waals surface area contributed by atoms with E-state index in [2.05, 4.69) is 10.3 Å². The van der Waals surface area contributed by atoms with Gasteiger partial charge in [0.05, 0.1) is 15.8 Å². The van der Waals surface area contributed by atoms with E-state index >= 15 is 0 Å². The van der Waals surface area contributed by atoms with E-state index in [1.807, 2.05) is 4.90 Å². The fourth-order valence-electron chi connectivity index (χ4n) is 3.85. The SMILES string of the molecule is O=C(C1CCCC1)N1CCC(Nc2nc3cc(C(F)(F)F)ccc3s2)C1. The van der Waals surface area contributed by atoms with Crippen LogP contribution in [-0.4, -0.2) is 34.9 Å². The summed E-state index contributed by atoms with van der Waals surface area (Å²) in [6, 6.07) is 3.73. The lowest BCUT2D eigenvalue weighted by Crippen LogP contribution is -2.35. The number of alkyl halides is 3. The summed E-state index contributed by atoms with van der Waals surface area (Å²) < 4.78 is 39.2. The Morgan fingerprint density at radius 2 is 2.00 bits per heavy atom. The lowest BCUT2D eigenvalue weighted by Gasteiger charge is -2.20. The van der Waals surface area contributed by atoms with Crippen molar-refractivity contribution in [3.05, 3.63) is 23.8 Å². The van der Waals surface area contributed by atoms with E-state index < -0.39 is 11.7 Å². The van der Waals surface area contributed by atoms with Crippen LogP contribution in [0.15, 0.2) is 18.2 Å². The van der Waals surface area contributed by atoms with Gasteiger partial charge in [0.1, 0.15) is 0 Å². The lowest BCUT2D eigenvalue weighted by molar-refractivity contribution is -0.137. The Morgan fingerprint density at radius 3 is 2.73 bits per heavy atom. The molecule has 2 aromatic rings. The molecule has 0 spiro atoms. The highest BCUT2D eigenvalue weighted by molar-refractivity contribution is 7.22. The van der Waals surface area contributed by atoms with E-state index in [1.165, 1.54) is 17.4 Å². The fourth-order valence-corrected chi connectivity index (χ4v) is 4.77. The Labute approximate surface area is 153 Å². The molecule has 1 saturated heterocycles. The monoisotopic (exact) mass is 383 g/mol. The summed E-state index contributed by atoms with van der Waals surface area (Å²) in [7, 11) is 0. The highest BCUT2D eigenvalue weighted by Crippen LogP contribution is 2.34. The van der Waals surface area contributed by atoms with Crippen LogP contribution >= 0.6 is 11.3 Å². The molecule has 4 nitrogen and oxygen atoms in total. The molecule has 1 aromatic carbocycles. The Bertz CT molecular complexity index is 814. The normalized spacial score (nSPS) is 21.7. The standard InChI is InChI=1S/C18H20F3N3OS/c19-18(20,21)12-5-6-15-14(9-12)23-17(26-15)22-13-7-8-24(10-13)16(25)11-3-1-2-4-11/h5-6,9,11,13H,1-4,7-8,10H2,(H,22,23). The van der Waals surface area contributed by atoms with Crippen LogP contribution < -0.4 is 5.32 Å². The molecule has 2 fully saturated rings. The second-order valence-corrected chi connectivity index (χ2v) is 8.13. The van der Waals surface area contributed by atoms with Crippen LogP contribution in [0.1, 0.15) is 37.7 Å². The minimum Gasteiger partial charge on any atom is -0.357 e. The van der Waals surface area contributed by atoms with Gasteiger partial charge in [-0.1, -0.05) is 24.2 Å². The number of nitrogens with zero attached hydrogens (tertiary/aromatic N) is 2. The maximum atomic E-state index is 12.8. The number of rotatable bonds is 3. The number of aromatic nitrogens is 1. The fraction of sp³-hybridized carbons (Fsp3) is 0.556. The molecule has 1 amide bonds. The van der Waals surface area contributed by atoms with Gasteiger partial charge in [-0.15, -0.1) is 0 Å². The van der Waals surface area contributed by atoms with Crippen LogP contribution in [0.4, 0.5) is 18.3 Å². The van der Waals surface area contributed by atoms with Gasteiger partial charge in [-0.05, 0) is 37.5 Å². The van der Waals surface area contributed by atoms with Crippen LogP contribution in [0.2, 0.25) is 0 Å². The molecule has 0 bridgehead atoms. The minimum atomic E-state index is -4.36. The van der Waals surface area contributed by atoms with E-state index in [9.17, 15) is 18.0 Å². The molecule has 0 radical (unpaired) electrons. The van der Waals surface area contributed by atoms with Gasteiger partial charge in [0.2, 0.25) is 5.91 Å². The van der Waals surface area contributed by atoms with Crippen molar-refractivity contribution in [3.8, 4) is 0 Å². The molecule has 140 valence electrons. The molecule has 8 heteroatoms. The topological polar surface area (TPSA) is 45.2 Å². The number of hydrogen-bond donors (Lipinski definition) is 1. The molecular formula is C18H20F3N3OS. The van der Waals surface area contributed by atoms with Gasteiger partial charge in [-0.25, -0.2) is 4.98 Å². The molecule has 1 unspecified atom stereocenters. The van der Waals surface area contributed by atoms with Crippen molar-refractivity contribution in [2.24, 2.45) is 5.92 Å². The number of benzene rings is 1. The number of hydrogen-bond acceptors (Lipinski definition) is 4. The van der Waals surface area contributed by atoms with E-state index in [4.69, 9.17) is 0 Å². The third kappa shape index (κ3) is 3.51. The van der Waals surface area contributed by atoms with E-state index in [0.717, 1.165) is 55.5 Å². The quantitative estimate of drug-likeness (QED) is 0.848. The zero-order valence-corrected chi connectivity index (χ0v) is 15.0. The zero-order valence-electron chi connectivity index (χ0n) is 14.2. The summed E-state index contributed by atoms with van der Waals surface area (Å²) in [5, 5.41) is 3.91. The Balaban J connectivity index is 1.42. The van der Waals surface area contributed by atoms with Crippen LogP contribution in [0.25, 0.3) is 10.2 Å². The number of anilines is 1. The molecule has 1 saturated carbocycles. The van der Waals surface area contributed by atoms with Crippen LogP contribution in [-0.2, 0) is 11.0 Å². The third-order valence-corrected chi connectivity index (χ3v) is 6.21. The summed E-state index contributed by atoms with van der Waals surface area (Å²) in [6.07, 6.45) is 0.731. The molecule has 1 N–H and O–H groups in total.